The molecule has 4 aromatic rings. The van der Waals surface area contributed by atoms with Crippen molar-refractivity contribution in [1.82, 2.24) is 24.4 Å². The molecule has 1 saturated carbocycles. The van der Waals surface area contributed by atoms with Gasteiger partial charge in [0.25, 0.3) is 5.91 Å². The van der Waals surface area contributed by atoms with E-state index in [2.05, 4.69) is 34.3 Å². The lowest BCUT2D eigenvalue weighted by Crippen LogP contribution is -2.13. The minimum absolute atomic E-state index is 0.239. The van der Waals surface area contributed by atoms with Crippen LogP contribution >= 0.6 is 11.6 Å². The van der Waals surface area contributed by atoms with Crippen LogP contribution in [0.25, 0.3) is 16.6 Å². The normalized spacial score (nSPS) is 14.0. The number of aromatic nitrogens is 5. The van der Waals surface area contributed by atoms with Crippen molar-refractivity contribution in [2.75, 3.05) is 11.9 Å². The van der Waals surface area contributed by atoms with Crippen molar-refractivity contribution in [1.29, 1.82) is 0 Å². The maximum Gasteiger partial charge on any atom is 0.261 e. The number of ether oxygens (including phenoxy) is 1. The van der Waals surface area contributed by atoms with Crippen LogP contribution in [0.15, 0.2) is 36.9 Å². The number of halogens is 1. The van der Waals surface area contributed by atoms with Gasteiger partial charge in [0.15, 0.2) is 5.65 Å². The zero-order chi connectivity index (χ0) is 20.8. The summed E-state index contributed by atoms with van der Waals surface area (Å²) >= 11 is 5.95. The van der Waals surface area contributed by atoms with Crippen molar-refractivity contribution in [3.63, 3.8) is 0 Å². The first kappa shape index (κ1) is 18.9. The van der Waals surface area contributed by atoms with Crippen molar-refractivity contribution in [2.45, 2.75) is 32.7 Å². The van der Waals surface area contributed by atoms with Gasteiger partial charge in [0.05, 0.1) is 35.2 Å². The first-order chi connectivity index (χ1) is 14.5. The van der Waals surface area contributed by atoms with Gasteiger partial charge in [0.1, 0.15) is 11.3 Å². The van der Waals surface area contributed by atoms with Gasteiger partial charge >= 0.3 is 0 Å². The van der Waals surface area contributed by atoms with E-state index in [0.717, 1.165) is 10.9 Å². The molecule has 1 fully saturated rings. The lowest BCUT2D eigenvalue weighted by atomic mass is 10.2. The van der Waals surface area contributed by atoms with Crippen molar-refractivity contribution >= 4 is 39.7 Å². The zero-order valence-electron chi connectivity index (χ0n) is 16.7. The predicted octanol–water partition coefficient (Wildman–Crippen LogP) is 4.35. The average Bonchev–Trinajstić information content (AvgIpc) is 3.29. The first-order valence-corrected chi connectivity index (χ1v) is 10.3. The molecule has 0 unspecified atom stereocenters. The van der Waals surface area contributed by atoms with E-state index >= 15 is 0 Å². The third-order valence-electron chi connectivity index (χ3n) is 5.14. The van der Waals surface area contributed by atoms with E-state index in [-0.39, 0.29) is 11.9 Å². The number of fused-ring (bicyclic) bond motifs is 2. The SMILES string of the molecule is CC(C)n1cc2cc(NC(=O)c3cnn4cc(Cl)cnc34)c(OCC3CC3)cc2n1. The molecule has 1 aliphatic rings. The maximum atomic E-state index is 13.0. The van der Waals surface area contributed by atoms with Gasteiger partial charge < -0.3 is 10.1 Å². The zero-order valence-corrected chi connectivity index (χ0v) is 17.4. The highest BCUT2D eigenvalue weighted by molar-refractivity contribution is 6.30. The van der Waals surface area contributed by atoms with Crippen LogP contribution in [0, 0.1) is 5.92 Å². The Bertz CT molecular complexity index is 1260. The van der Waals surface area contributed by atoms with Crippen molar-refractivity contribution in [3.8, 4) is 5.75 Å². The molecular formula is C21H21ClN6O2. The van der Waals surface area contributed by atoms with Gasteiger partial charge in [-0.15, -0.1) is 0 Å². The number of hydrogen-bond donors (Lipinski definition) is 1. The van der Waals surface area contributed by atoms with E-state index in [4.69, 9.17) is 16.3 Å². The predicted molar refractivity (Wildman–Crippen MR) is 114 cm³/mol. The van der Waals surface area contributed by atoms with Gasteiger partial charge in [-0.2, -0.15) is 10.2 Å². The summed E-state index contributed by atoms with van der Waals surface area (Å²) in [5.74, 6) is 0.891. The van der Waals surface area contributed by atoms with Gasteiger partial charge in [-0.05, 0) is 38.7 Å². The van der Waals surface area contributed by atoms with Gasteiger partial charge in [-0.25, -0.2) is 9.50 Å². The van der Waals surface area contributed by atoms with Crippen LogP contribution in [-0.2, 0) is 0 Å². The summed E-state index contributed by atoms with van der Waals surface area (Å²) in [4.78, 5) is 17.2. The van der Waals surface area contributed by atoms with E-state index in [9.17, 15) is 4.79 Å². The van der Waals surface area contributed by atoms with E-state index < -0.39 is 0 Å². The second-order valence-electron chi connectivity index (χ2n) is 7.92. The highest BCUT2D eigenvalue weighted by Gasteiger charge is 2.23. The quantitative estimate of drug-likeness (QED) is 0.497. The van der Waals surface area contributed by atoms with Crippen LogP contribution in [0.2, 0.25) is 5.02 Å². The standard InChI is InChI=1S/C21H21ClN6O2/c1-12(2)27-9-14-5-18(19(6-17(14)26-27)30-11-13-3-4-13)25-21(29)16-8-24-28-10-15(22)7-23-20(16)28/h5-10,12-13H,3-4,11H2,1-2H3,(H,25,29). The van der Waals surface area contributed by atoms with Gasteiger partial charge in [-0.3, -0.25) is 9.48 Å². The number of carbonyl (C=O) groups excluding carboxylic acids is 1. The number of carbonyl (C=O) groups is 1. The molecule has 0 radical (unpaired) electrons. The number of hydrogen-bond acceptors (Lipinski definition) is 5. The maximum absolute atomic E-state index is 13.0. The molecule has 1 amide bonds. The number of rotatable bonds is 6. The summed E-state index contributed by atoms with van der Waals surface area (Å²) in [6.45, 7) is 4.78. The largest absolute Gasteiger partial charge is 0.491 e. The summed E-state index contributed by atoms with van der Waals surface area (Å²) in [5, 5.41) is 13.1. The average molecular weight is 425 g/mol. The van der Waals surface area contributed by atoms with Gasteiger partial charge in [-0.1, -0.05) is 11.6 Å². The van der Waals surface area contributed by atoms with Crippen LogP contribution in [0.4, 0.5) is 5.69 Å². The fraction of sp³-hybridized carbons (Fsp3) is 0.333. The molecule has 3 heterocycles. The smallest absolute Gasteiger partial charge is 0.261 e. The number of anilines is 1. The molecule has 0 aliphatic heterocycles. The molecule has 154 valence electrons. The highest BCUT2D eigenvalue weighted by atomic mass is 35.5. The van der Waals surface area contributed by atoms with Gasteiger partial charge in [0, 0.05) is 29.9 Å². The molecule has 1 N–H and O–H groups in total. The summed E-state index contributed by atoms with van der Waals surface area (Å²) in [6, 6.07) is 4.03. The van der Waals surface area contributed by atoms with E-state index in [0.29, 0.717) is 40.2 Å². The Morgan fingerprint density at radius 3 is 2.90 bits per heavy atom. The van der Waals surface area contributed by atoms with Crippen LogP contribution in [0.5, 0.6) is 5.75 Å². The molecule has 0 spiro atoms. The number of benzene rings is 1. The Hall–Kier alpha value is -3.13. The highest BCUT2D eigenvalue weighted by Crippen LogP contribution is 2.34. The van der Waals surface area contributed by atoms with Crippen LogP contribution in [-0.4, -0.2) is 36.9 Å². The monoisotopic (exact) mass is 424 g/mol. The fourth-order valence-corrected chi connectivity index (χ4v) is 3.39. The Labute approximate surface area is 177 Å². The van der Waals surface area contributed by atoms with Crippen LogP contribution < -0.4 is 10.1 Å². The molecule has 30 heavy (non-hydrogen) atoms. The Morgan fingerprint density at radius 2 is 2.13 bits per heavy atom. The topological polar surface area (TPSA) is 86.3 Å². The van der Waals surface area contributed by atoms with Gasteiger partial charge in [0.2, 0.25) is 0 Å². The summed E-state index contributed by atoms with van der Waals surface area (Å²) in [7, 11) is 0. The van der Waals surface area contributed by atoms with E-state index in [1.165, 1.54) is 29.8 Å². The summed E-state index contributed by atoms with van der Waals surface area (Å²) in [6.07, 6.45) is 8.92. The second kappa shape index (κ2) is 7.28. The third kappa shape index (κ3) is 3.59. The molecule has 8 nitrogen and oxygen atoms in total. The Kier molecular flexibility index (Phi) is 4.58. The fourth-order valence-electron chi connectivity index (χ4n) is 3.25. The van der Waals surface area contributed by atoms with Crippen molar-refractivity contribution in [2.24, 2.45) is 5.92 Å². The molecular weight excluding hydrogens is 404 g/mol. The number of nitrogens with zero attached hydrogens (tertiary/aromatic N) is 5. The number of nitrogens with one attached hydrogen (secondary N) is 1. The summed E-state index contributed by atoms with van der Waals surface area (Å²) < 4.78 is 9.43. The summed E-state index contributed by atoms with van der Waals surface area (Å²) in [5.41, 5.74) is 2.23. The van der Waals surface area contributed by atoms with Crippen molar-refractivity contribution in [3.05, 3.63) is 47.5 Å². The van der Waals surface area contributed by atoms with E-state index in [1.54, 1.807) is 6.20 Å². The van der Waals surface area contributed by atoms with Crippen LogP contribution in [0.3, 0.4) is 0 Å². The molecule has 5 rings (SSSR count). The first-order valence-electron chi connectivity index (χ1n) is 9.94. The molecule has 1 aromatic carbocycles. The lowest BCUT2D eigenvalue weighted by molar-refractivity contribution is 0.102. The molecule has 0 saturated heterocycles. The minimum atomic E-state index is -0.313. The van der Waals surface area contributed by atoms with E-state index in [1.807, 2.05) is 23.0 Å². The minimum Gasteiger partial charge on any atom is -0.491 e. The Balaban J connectivity index is 1.50. The van der Waals surface area contributed by atoms with Crippen LogP contribution in [0.1, 0.15) is 43.1 Å². The lowest BCUT2D eigenvalue weighted by Gasteiger charge is -2.12. The Morgan fingerprint density at radius 1 is 1.30 bits per heavy atom. The molecule has 3 aromatic heterocycles. The number of amides is 1. The molecule has 9 heteroatoms. The molecule has 1 aliphatic carbocycles. The molecule has 0 bridgehead atoms. The third-order valence-corrected chi connectivity index (χ3v) is 5.34. The second-order valence-corrected chi connectivity index (χ2v) is 8.35. The van der Waals surface area contributed by atoms with Crippen molar-refractivity contribution < 1.29 is 9.53 Å². The molecule has 0 atom stereocenters.